The quantitative estimate of drug-likeness (QED) is 0.0281. The average molecular weight is 1460 g/mol. The molecule has 0 radical (unpaired) electrons. The van der Waals surface area contributed by atoms with Crippen molar-refractivity contribution in [3.63, 3.8) is 0 Å². The Balaban J connectivity index is 1.11. The Bertz CT molecular complexity index is 3020. The zero-order valence-corrected chi connectivity index (χ0v) is 65.8. The first kappa shape index (κ1) is 73.9. The summed E-state index contributed by atoms with van der Waals surface area (Å²) in [5.74, 6) is 0. The van der Waals surface area contributed by atoms with E-state index in [1.807, 2.05) is 45.3 Å². The molecule has 0 aliphatic heterocycles. The second-order valence-corrected chi connectivity index (χ2v) is 37.5. The molecule has 8 aromatic rings. The van der Waals surface area contributed by atoms with Gasteiger partial charge in [-0.1, -0.05) is 91.9 Å². The fraction of sp³-hybridized carbons (Fsp3) is 0.625. The van der Waals surface area contributed by atoms with Crippen molar-refractivity contribution in [1.29, 1.82) is 0 Å². The van der Waals surface area contributed by atoms with Gasteiger partial charge in [-0.15, -0.1) is 0 Å². The Morgan fingerprint density at radius 2 is 0.533 bits per heavy atom. The fourth-order valence-electron chi connectivity index (χ4n) is 13.1. The van der Waals surface area contributed by atoms with Crippen molar-refractivity contribution in [2.45, 2.75) is 325 Å². The van der Waals surface area contributed by atoms with Crippen LogP contribution in [-0.4, -0.2) is 39.0 Å². The van der Waals surface area contributed by atoms with E-state index >= 15 is 0 Å². The zero-order chi connectivity index (χ0) is 63.1. The number of aryl methyl sites for hydroxylation is 8. The number of unbranched alkanes of at least 4 members (excludes halogenated alkanes) is 30. The topological polar surface area (TPSA) is 25.8 Å². The molecule has 0 atom stereocenters. The molecular weight excluding hydrogens is 1340 g/mol. The second kappa shape index (κ2) is 41.9. The Hall–Kier alpha value is -1.94. The van der Waals surface area contributed by atoms with Gasteiger partial charge in [0.2, 0.25) is 0 Å². The third-order valence-electron chi connectivity index (χ3n) is 18.3. The first-order valence-corrected chi connectivity index (χ1v) is 45.2. The van der Waals surface area contributed by atoms with E-state index in [1.54, 1.807) is 40.0 Å². The zero-order valence-electron chi connectivity index (χ0n) is 57.5. The van der Waals surface area contributed by atoms with Gasteiger partial charge in [0.25, 0.3) is 0 Å². The summed E-state index contributed by atoms with van der Waals surface area (Å²) in [5.41, 5.74) is 9.02. The van der Waals surface area contributed by atoms with Gasteiger partial charge in [-0.05, 0) is 0 Å². The summed E-state index contributed by atoms with van der Waals surface area (Å²) in [4.78, 5) is 26.5. The molecule has 0 saturated heterocycles. The van der Waals surface area contributed by atoms with Crippen LogP contribution in [0.1, 0.15) is 316 Å². The predicted molar refractivity (Wildman–Crippen MR) is 413 cm³/mol. The molecule has 0 aliphatic rings. The number of rotatable bonds is 49. The summed E-state index contributed by atoms with van der Waals surface area (Å²) in [6, 6.07) is 20.5. The molecule has 8 rings (SSSR count). The molecule has 0 saturated carbocycles. The van der Waals surface area contributed by atoms with Crippen LogP contribution in [0.15, 0.2) is 48.5 Å². The Morgan fingerprint density at radius 1 is 0.267 bits per heavy atom. The average Bonchev–Trinajstić information content (AvgIpc) is 1.65. The molecule has 0 bridgehead atoms. The molecule has 2 nitrogen and oxygen atoms in total. The molecule has 0 aromatic carbocycles. The number of thiazole rings is 2. The van der Waals surface area contributed by atoms with Crippen molar-refractivity contribution in [3.05, 3.63) is 91.9 Å². The molecule has 0 aliphatic carbocycles. The standard InChI is InChI=1S/C80H116N2S6Se2/c1-9-15-21-27-33-39-45-61-55-59(7)83-73(61)67-57-63(47-41-35-29-23-17-11-3)75(85-67)79-81-65(49-43-37-31-25-19-13-5)77(87-79)71-53-51-69(89-71)70-52-54-72(90-70)78-66(50-44-38-32-26-20-14-6)82-80(88-78)76-64(48-42-36-30-24-18-12-4)58-68(86-76)74-62(56-60(8)84-74)46-40-34-28-22-16-10-2/h51-58H,9-50H2,1-8H3. The van der Waals surface area contributed by atoms with Crippen LogP contribution in [0.5, 0.6) is 0 Å². The first-order chi connectivity index (χ1) is 44.2. The summed E-state index contributed by atoms with van der Waals surface area (Å²) in [5, 5.41) is 2.58. The summed E-state index contributed by atoms with van der Waals surface area (Å²) < 4.78 is 6.30. The molecule has 0 spiro atoms. The summed E-state index contributed by atoms with van der Waals surface area (Å²) >= 11 is 12.8. The molecule has 8 aromatic heterocycles. The van der Waals surface area contributed by atoms with E-state index in [0.717, 1.165) is 25.7 Å². The van der Waals surface area contributed by atoms with Crippen LogP contribution >= 0.6 is 68.0 Å². The van der Waals surface area contributed by atoms with Crippen LogP contribution in [0.3, 0.4) is 0 Å². The van der Waals surface area contributed by atoms with E-state index in [9.17, 15) is 0 Å². The van der Waals surface area contributed by atoms with Crippen molar-refractivity contribution < 1.29 is 0 Å². The number of thiophene rings is 4. The second-order valence-electron chi connectivity index (χ2n) is 26.4. The van der Waals surface area contributed by atoms with Gasteiger partial charge in [0, 0.05) is 0 Å². The fourth-order valence-corrected chi connectivity index (χ4v) is 25.8. The SMILES string of the molecule is CCCCCCCCc1cc(C)sc1-c1cc(CCCCCCCC)c(-c2nc(CCCCCCCC)c(-c3ccc(-c4ccc(-c5sc(-c6sc(-c7sc(C)cc7CCCCCCCC)cc6CCCCCCCC)nc5CCCCCCCC)[se]4)[se]3)s2)s1. The van der Waals surface area contributed by atoms with Gasteiger partial charge < -0.3 is 0 Å². The van der Waals surface area contributed by atoms with Gasteiger partial charge in [0.15, 0.2) is 0 Å². The molecule has 8 heterocycles. The molecule has 0 unspecified atom stereocenters. The Morgan fingerprint density at radius 3 is 0.844 bits per heavy atom. The Labute approximate surface area is 585 Å². The van der Waals surface area contributed by atoms with Gasteiger partial charge in [-0.3, -0.25) is 0 Å². The van der Waals surface area contributed by atoms with E-state index in [0.29, 0.717) is 0 Å². The van der Waals surface area contributed by atoms with E-state index in [-0.39, 0.29) is 29.0 Å². The third-order valence-corrected chi connectivity index (χ3v) is 31.8. The molecule has 494 valence electrons. The van der Waals surface area contributed by atoms with Crippen molar-refractivity contribution in [2.75, 3.05) is 0 Å². The maximum absolute atomic E-state index is 5.80. The van der Waals surface area contributed by atoms with Gasteiger partial charge in [0.05, 0.1) is 0 Å². The monoisotopic (exact) mass is 1460 g/mol. The van der Waals surface area contributed by atoms with E-state index in [2.05, 4.69) is 127 Å². The Kier molecular flexibility index (Phi) is 34.4. The van der Waals surface area contributed by atoms with Gasteiger partial charge in [-0.2, -0.15) is 0 Å². The van der Waals surface area contributed by atoms with Crippen molar-refractivity contribution in [3.8, 4) is 66.8 Å². The maximum atomic E-state index is 5.80. The van der Waals surface area contributed by atoms with E-state index in [1.165, 1.54) is 314 Å². The predicted octanol–water partition coefficient (Wildman–Crippen LogP) is 28.7. The molecule has 0 fully saturated rings. The van der Waals surface area contributed by atoms with Crippen LogP contribution in [0, 0.1) is 13.8 Å². The van der Waals surface area contributed by atoms with Gasteiger partial charge in [-0.25, -0.2) is 0 Å². The minimum atomic E-state index is 0.242. The normalized spacial score (nSPS) is 11.9. The number of hydrogen-bond donors (Lipinski definition) is 0. The van der Waals surface area contributed by atoms with Crippen LogP contribution in [0.2, 0.25) is 0 Å². The molecule has 0 amide bonds. The van der Waals surface area contributed by atoms with Crippen LogP contribution in [0.4, 0.5) is 0 Å². The molecular formula is C80H116N2S6Se2. The first-order valence-electron chi connectivity index (χ1n) is 36.9. The van der Waals surface area contributed by atoms with Gasteiger partial charge in [0.1, 0.15) is 0 Å². The molecule has 10 heteroatoms. The number of hydrogen-bond acceptors (Lipinski definition) is 8. The van der Waals surface area contributed by atoms with Crippen molar-refractivity contribution >= 4 is 97.0 Å². The number of nitrogens with zero attached hydrogens (tertiary/aromatic N) is 2. The molecule has 90 heavy (non-hydrogen) atoms. The van der Waals surface area contributed by atoms with Crippen molar-refractivity contribution in [1.82, 2.24) is 9.97 Å². The van der Waals surface area contributed by atoms with Crippen LogP contribution in [-0.2, 0) is 38.5 Å². The summed E-state index contributed by atoms with van der Waals surface area (Å²) in [6.45, 7) is 18.7. The van der Waals surface area contributed by atoms with Gasteiger partial charge >= 0.3 is 499 Å². The summed E-state index contributed by atoms with van der Waals surface area (Å²) in [6.07, 6.45) is 54.8. The van der Waals surface area contributed by atoms with Crippen LogP contribution < -0.4 is 0 Å². The summed E-state index contributed by atoms with van der Waals surface area (Å²) in [7, 11) is 0. The van der Waals surface area contributed by atoms with E-state index in [4.69, 9.17) is 9.97 Å². The number of aromatic nitrogens is 2. The van der Waals surface area contributed by atoms with E-state index < -0.39 is 0 Å². The van der Waals surface area contributed by atoms with Crippen molar-refractivity contribution in [2.24, 2.45) is 0 Å². The minimum absolute atomic E-state index is 0.242. The third kappa shape index (κ3) is 23.1. The molecule has 0 N–H and O–H groups in total. The van der Waals surface area contributed by atoms with Crippen LogP contribution in [0.25, 0.3) is 66.8 Å².